The van der Waals surface area contributed by atoms with E-state index in [1.807, 2.05) is 30.3 Å². The standard InChI is InChI=1S/C16H21N5OS/c1-17-15(22)12-23-16-19-18-14(11-20-9-5-6-10-20)21(16)13-7-3-2-4-8-13/h2-4,7-8H,5-6,9-12H2,1H3,(H,17,22). The number of benzene rings is 1. The van der Waals surface area contributed by atoms with Gasteiger partial charge in [0.1, 0.15) is 0 Å². The van der Waals surface area contributed by atoms with Gasteiger partial charge in [-0.2, -0.15) is 0 Å². The third kappa shape index (κ3) is 3.92. The van der Waals surface area contributed by atoms with E-state index in [1.165, 1.54) is 24.6 Å². The van der Waals surface area contributed by atoms with E-state index in [0.717, 1.165) is 36.3 Å². The van der Waals surface area contributed by atoms with Crippen LogP contribution in [0.2, 0.25) is 0 Å². The minimum Gasteiger partial charge on any atom is -0.358 e. The van der Waals surface area contributed by atoms with Crippen LogP contribution in [0.5, 0.6) is 0 Å². The third-order valence-corrected chi connectivity index (χ3v) is 4.82. The smallest absolute Gasteiger partial charge is 0.230 e. The fraction of sp³-hybridized carbons (Fsp3) is 0.438. The number of thioether (sulfide) groups is 1. The second-order valence-electron chi connectivity index (χ2n) is 5.51. The molecule has 1 fully saturated rings. The second kappa shape index (κ2) is 7.61. The molecule has 1 amide bonds. The first kappa shape index (κ1) is 16.0. The lowest BCUT2D eigenvalue weighted by molar-refractivity contribution is -0.118. The van der Waals surface area contributed by atoms with Crippen LogP contribution < -0.4 is 5.32 Å². The van der Waals surface area contributed by atoms with E-state index >= 15 is 0 Å². The minimum atomic E-state index is -0.0151. The van der Waals surface area contributed by atoms with Gasteiger partial charge in [0.2, 0.25) is 5.91 Å². The molecule has 6 nitrogen and oxygen atoms in total. The van der Waals surface area contributed by atoms with E-state index in [9.17, 15) is 4.79 Å². The summed E-state index contributed by atoms with van der Waals surface area (Å²) in [6, 6.07) is 10.1. The Balaban J connectivity index is 1.86. The quantitative estimate of drug-likeness (QED) is 0.816. The van der Waals surface area contributed by atoms with Crippen LogP contribution in [0, 0.1) is 0 Å². The molecule has 0 radical (unpaired) electrons. The van der Waals surface area contributed by atoms with Gasteiger partial charge in [-0.3, -0.25) is 14.3 Å². The van der Waals surface area contributed by atoms with Gasteiger partial charge in [-0.1, -0.05) is 30.0 Å². The minimum absolute atomic E-state index is 0.0151. The van der Waals surface area contributed by atoms with Crippen molar-refractivity contribution >= 4 is 17.7 Å². The molecule has 0 atom stereocenters. The Hall–Kier alpha value is -1.86. The van der Waals surface area contributed by atoms with E-state index in [0.29, 0.717) is 5.75 Å². The van der Waals surface area contributed by atoms with Crippen molar-refractivity contribution in [1.82, 2.24) is 25.0 Å². The molecular formula is C16H21N5OS. The van der Waals surface area contributed by atoms with Crippen LogP contribution in [-0.2, 0) is 11.3 Å². The van der Waals surface area contributed by atoms with Gasteiger partial charge in [-0.15, -0.1) is 10.2 Å². The maximum absolute atomic E-state index is 11.5. The maximum Gasteiger partial charge on any atom is 0.230 e. The first-order valence-corrected chi connectivity index (χ1v) is 8.82. The summed E-state index contributed by atoms with van der Waals surface area (Å²) < 4.78 is 2.06. The summed E-state index contributed by atoms with van der Waals surface area (Å²) in [5.74, 6) is 1.25. The number of nitrogens with zero attached hydrogens (tertiary/aromatic N) is 4. The zero-order chi connectivity index (χ0) is 16.1. The number of rotatable bonds is 6. The summed E-state index contributed by atoms with van der Waals surface area (Å²) in [4.78, 5) is 13.9. The highest BCUT2D eigenvalue weighted by atomic mass is 32.2. The predicted octanol–water partition coefficient (Wildman–Crippen LogP) is 1.70. The summed E-state index contributed by atoms with van der Waals surface area (Å²) in [6.45, 7) is 3.02. The summed E-state index contributed by atoms with van der Waals surface area (Å²) in [5.41, 5.74) is 1.03. The first-order valence-electron chi connectivity index (χ1n) is 7.83. The molecule has 1 aromatic carbocycles. The average Bonchev–Trinajstić information content (AvgIpc) is 3.23. The van der Waals surface area contributed by atoms with E-state index < -0.39 is 0 Å². The van der Waals surface area contributed by atoms with Gasteiger partial charge >= 0.3 is 0 Å². The van der Waals surface area contributed by atoms with Crippen LogP contribution in [-0.4, -0.2) is 51.5 Å². The fourth-order valence-corrected chi connectivity index (χ4v) is 3.52. The fourth-order valence-electron chi connectivity index (χ4n) is 2.68. The zero-order valence-corrected chi connectivity index (χ0v) is 14.1. The molecule has 1 aliphatic heterocycles. The molecule has 1 saturated heterocycles. The van der Waals surface area contributed by atoms with Crippen molar-refractivity contribution in [3.63, 3.8) is 0 Å². The first-order chi connectivity index (χ1) is 11.3. The van der Waals surface area contributed by atoms with Crippen molar-refractivity contribution in [2.24, 2.45) is 0 Å². The van der Waals surface area contributed by atoms with Gasteiger partial charge in [-0.05, 0) is 38.1 Å². The molecule has 2 heterocycles. The highest BCUT2D eigenvalue weighted by Gasteiger charge is 2.19. The van der Waals surface area contributed by atoms with Gasteiger partial charge in [0.05, 0.1) is 12.3 Å². The molecule has 23 heavy (non-hydrogen) atoms. The molecule has 1 N–H and O–H groups in total. The van der Waals surface area contributed by atoms with Gasteiger partial charge in [0.25, 0.3) is 0 Å². The van der Waals surface area contributed by atoms with Crippen molar-refractivity contribution in [2.75, 3.05) is 25.9 Å². The second-order valence-corrected chi connectivity index (χ2v) is 6.46. The lowest BCUT2D eigenvalue weighted by Crippen LogP contribution is -2.21. The van der Waals surface area contributed by atoms with E-state index in [1.54, 1.807) is 7.05 Å². The number of carbonyl (C=O) groups excluding carboxylic acids is 1. The average molecular weight is 331 g/mol. The summed E-state index contributed by atoms with van der Waals surface area (Å²) in [6.07, 6.45) is 2.50. The van der Waals surface area contributed by atoms with Crippen molar-refractivity contribution in [3.8, 4) is 5.69 Å². The van der Waals surface area contributed by atoms with Gasteiger partial charge < -0.3 is 5.32 Å². The van der Waals surface area contributed by atoms with E-state index in [2.05, 4.69) is 25.0 Å². The molecule has 1 aromatic heterocycles. The summed E-state index contributed by atoms with van der Waals surface area (Å²) in [7, 11) is 1.64. The molecule has 0 spiro atoms. The Morgan fingerprint density at radius 1 is 1.22 bits per heavy atom. The number of aromatic nitrogens is 3. The van der Waals surface area contributed by atoms with Gasteiger partial charge in [0, 0.05) is 12.7 Å². The lowest BCUT2D eigenvalue weighted by atomic mass is 10.3. The van der Waals surface area contributed by atoms with Crippen LogP contribution >= 0.6 is 11.8 Å². The van der Waals surface area contributed by atoms with Crippen molar-refractivity contribution < 1.29 is 4.79 Å². The van der Waals surface area contributed by atoms with Crippen molar-refractivity contribution in [2.45, 2.75) is 24.5 Å². The highest BCUT2D eigenvalue weighted by Crippen LogP contribution is 2.23. The molecule has 1 aliphatic rings. The molecule has 0 unspecified atom stereocenters. The number of likely N-dealkylation sites (tertiary alicyclic amines) is 1. The van der Waals surface area contributed by atoms with Gasteiger partial charge in [0.15, 0.2) is 11.0 Å². The number of nitrogens with one attached hydrogen (secondary N) is 1. The Morgan fingerprint density at radius 3 is 2.65 bits per heavy atom. The summed E-state index contributed by atoms with van der Waals surface area (Å²) in [5, 5.41) is 12.1. The molecule has 0 bridgehead atoms. The lowest BCUT2D eigenvalue weighted by Gasteiger charge is -2.15. The van der Waals surface area contributed by atoms with Gasteiger partial charge in [-0.25, -0.2) is 0 Å². The molecule has 122 valence electrons. The van der Waals surface area contributed by atoms with E-state index in [-0.39, 0.29) is 5.91 Å². The van der Waals surface area contributed by atoms with Crippen LogP contribution in [0.1, 0.15) is 18.7 Å². The summed E-state index contributed by atoms with van der Waals surface area (Å²) >= 11 is 1.41. The molecule has 7 heteroatoms. The Labute approximate surface area is 140 Å². The molecule has 0 aliphatic carbocycles. The monoisotopic (exact) mass is 331 g/mol. The van der Waals surface area contributed by atoms with Crippen molar-refractivity contribution in [1.29, 1.82) is 0 Å². The zero-order valence-electron chi connectivity index (χ0n) is 13.2. The largest absolute Gasteiger partial charge is 0.358 e. The Kier molecular flexibility index (Phi) is 5.30. The topological polar surface area (TPSA) is 63.1 Å². The number of hydrogen-bond donors (Lipinski definition) is 1. The van der Waals surface area contributed by atoms with Crippen molar-refractivity contribution in [3.05, 3.63) is 36.2 Å². The number of amides is 1. The normalized spacial score (nSPS) is 15.0. The number of carbonyl (C=O) groups is 1. The van der Waals surface area contributed by atoms with E-state index in [4.69, 9.17) is 0 Å². The van der Waals surface area contributed by atoms with Crippen LogP contribution in [0.15, 0.2) is 35.5 Å². The predicted molar refractivity (Wildman–Crippen MR) is 90.7 cm³/mol. The molecule has 3 rings (SSSR count). The molecule has 2 aromatic rings. The SMILES string of the molecule is CNC(=O)CSc1nnc(CN2CCCC2)n1-c1ccccc1. The number of para-hydroxylation sites is 1. The van der Waals surface area contributed by atoms with Crippen LogP contribution in [0.4, 0.5) is 0 Å². The van der Waals surface area contributed by atoms with Crippen LogP contribution in [0.3, 0.4) is 0 Å². The Morgan fingerprint density at radius 2 is 1.96 bits per heavy atom. The number of hydrogen-bond acceptors (Lipinski definition) is 5. The third-order valence-electron chi connectivity index (χ3n) is 3.89. The molecular weight excluding hydrogens is 310 g/mol. The van der Waals surface area contributed by atoms with Crippen LogP contribution in [0.25, 0.3) is 5.69 Å². The molecule has 0 saturated carbocycles. The Bertz CT molecular complexity index is 652. The highest BCUT2D eigenvalue weighted by molar-refractivity contribution is 7.99. The maximum atomic E-state index is 11.5.